The van der Waals surface area contributed by atoms with Gasteiger partial charge in [0.2, 0.25) is 5.91 Å². The monoisotopic (exact) mass is 334 g/mol. The quantitative estimate of drug-likeness (QED) is 0.826. The summed E-state index contributed by atoms with van der Waals surface area (Å²) in [7, 11) is 0. The van der Waals surface area contributed by atoms with Gasteiger partial charge in [-0.05, 0) is 50.8 Å². The second kappa shape index (κ2) is 8.13. The number of hydrogen-bond acceptors (Lipinski definition) is 3. The Balaban J connectivity index is 0.00000200. The molecule has 0 spiro atoms. The van der Waals surface area contributed by atoms with Crippen LogP contribution >= 0.6 is 35.8 Å². The molecule has 0 unspecified atom stereocenters. The number of amides is 1. The number of halogens is 2. The first-order valence-electron chi connectivity index (χ1n) is 6.48. The highest BCUT2D eigenvalue weighted by Gasteiger charge is 2.24. The van der Waals surface area contributed by atoms with Crippen molar-refractivity contribution in [2.75, 3.05) is 18.1 Å². The molecule has 6 heteroatoms. The van der Waals surface area contributed by atoms with E-state index in [4.69, 9.17) is 11.6 Å². The predicted octanol–water partition coefficient (Wildman–Crippen LogP) is 3.81. The molecule has 1 heterocycles. The van der Waals surface area contributed by atoms with Crippen molar-refractivity contribution in [3.63, 3.8) is 0 Å². The maximum Gasteiger partial charge on any atom is 0.227 e. The first kappa shape index (κ1) is 17.6. The van der Waals surface area contributed by atoms with E-state index in [0.717, 1.165) is 30.0 Å². The summed E-state index contributed by atoms with van der Waals surface area (Å²) < 4.78 is 0. The normalized spacial score (nSPS) is 21.9. The van der Waals surface area contributed by atoms with Gasteiger partial charge in [-0.3, -0.25) is 4.79 Å². The van der Waals surface area contributed by atoms with Gasteiger partial charge in [-0.1, -0.05) is 11.6 Å². The fraction of sp³-hybridized carbons (Fsp3) is 0.500. The number of carbonyl (C=O) groups excluding carboxylic acids is 1. The van der Waals surface area contributed by atoms with Gasteiger partial charge < -0.3 is 10.6 Å². The number of rotatable bonds is 3. The van der Waals surface area contributed by atoms with Gasteiger partial charge in [0, 0.05) is 22.5 Å². The topological polar surface area (TPSA) is 41.1 Å². The largest absolute Gasteiger partial charge is 0.326 e. The van der Waals surface area contributed by atoms with Gasteiger partial charge in [0.25, 0.3) is 0 Å². The van der Waals surface area contributed by atoms with Crippen LogP contribution in [0.4, 0.5) is 5.69 Å². The third-order valence-corrected chi connectivity index (χ3v) is 4.63. The molecule has 1 aliphatic rings. The van der Waals surface area contributed by atoms with Crippen molar-refractivity contribution in [1.29, 1.82) is 0 Å². The lowest BCUT2D eigenvalue weighted by molar-refractivity contribution is -0.120. The van der Waals surface area contributed by atoms with Crippen molar-refractivity contribution in [2.24, 2.45) is 5.92 Å². The standard InChI is InChI=1S/C14H19ClN2OS.ClH/c1-9-7-10(5-6-16-9)14(18)17-11-3-4-13(19-2)12(15)8-11;/h3-4,8-10,16H,5-7H2,1-2H3,(H,17,18);1H/t9-,10-;/m0./s1. The van der Waals surface area contributed by atoms with Crippen LogP contribution in [0.3, 0.4) is 0 Å². The Kier molecular flexibility index (Phi) is 7.17. The molecule has 1 aromatic carbocycles. The predicted molar refractivity (Wildman–Crippen MR) is 89.3 cm³/mol. The molecule has 1 aliphatic heterocycles. The minimum atomic E-state index is 0. The Hall–Kier alpha value is -0.420. The molecule has 20 heavy (non-hydrogen) atoms. The third kappa shape index (κ3) is 4.55. The minimum Gasteiger partial charge on any atom is -0.326 e. The van der Waals surface area contributed by atoms with Crippen LogP contribution in [0.5, 0.6) is 0 Å². The highest BCUT2D eigenvalue weighted by atomic mass is 35.5. The second-order valence-electron chi connectivity index (χ2n) is 4.92. The summed E-state index contributed by atoms with van der Waals surface area (Å²) in [6.07, 6.45) is 3.77. The lowest BCUT2D eigenvalue weighted by Gasteiger charge is -2.27. The van der Waals surface area contributed by atoms with Crippen LogP contribution in [0.1, 0.15) is 19.8 Å². The average molecular weight is 335 g/mol. The van der Waals surface area contributed by atoms with Gasteiger partial charge in [-0.25, -0.2) is 0 Å². The van der Waals surface area contributed by atoms with Crippen molar-refractivity contribution < 1.29 is 4.79 Å². The zero-order valence-electron chi connectivity index (χ0n) is 11.6. The van der Waals surface area contributed by atoms with Gasteiger partial charge in [-0.15, -0.1) is 24.2 Å². The zero-order valence-corrected chi connectivity index (χ0v) is 14.0. The van der Waals surface area contributed by atoms with E-state index in [9.17, 15) is 4.79 Å². The first-order chi connectivity index (χ1) is 9.10. The van der Waals surface area contributed by atoms with E-state index in [2.05, 4.69) is 17.6 Å². The molecule has 1 saturated heterocycles. The van der Waals surface area contributed by atoms with Gasteiger partial charge in [0.15, 0.2) is 0 Å². The molecule has 0 aromatic heterocycles. The lowest BCUT2D eigenvalue weighted by atomic mass is 9.92. The molecule has 1 amide bonds. The van der Waals surface area contributed by atoms with Gasteiger partial charge in [-0.2, -0.15) is 0 Å². The van der Waals surface area contributed by atoms with E-state index in [1.165, 1.54) is 0 Å². The van der Waals surface area contributed by atoms with E-state index >= 15 is 0 Å². The van der Waals surface area contributed by atoms with Crippen LogP contribution in [-0.2, 0) is 4.79 Å². The maximum absolute atomic E-state index is 12.2. The lowest BCUT2D eigenvalue weighted by Crippen LogP contribution is -2.40. The third-order valence-electron chi connectivity index (χ3n) is 3.41. The molecule has 2 atom stereocenters. The first-order valence-corrected chi connectivity index (χ1v) is 8.08. The van der Waals surface area contributed by atoms with E-state index in [0.29, 0.717) is 11.1 Å². The molecule has 2 rings (SSSR count). The fourth-order valence-corrected chi connectivity index (χ4v) is 3.23. The average Bonchev–Trinajstić information content (AvgIpc) is 2.39. The van der Waals surface area contributed by atoms with Crippen LogP contribution in [0, 0.1) is 5.92 Å². The molecule has 1 aromatic rings. The molecule has 2 N–H and O–H groups in total. The number of anilines is 1. The second-order valence-corrected chi connectivity index (χ2v) is 6.17. The van der Waals surface area contributed by atoms with Crippen LogP contribution in [0.2, 0.25) is 5.02 Å². The van der Waals surface area contributed by atoms with E-state index < -0.39 is 0 Å². The summed E-state index contributed by atoms with van der Waals surface area (Å²) in [6.45, 7) is 3.02. The molecular formula is C14H20Cl2N2OS. The summed E-state index contributed by atoms with van der Waals surface area (Å²) in [5.74, 6) is 0.191. The zero-order chi connectivity index (χ0) is 13.8. The SMILES string of the molecule is CSc1ccc(NC(=O)[C@H]2CCN[C@@H](C)C2)cc1Cl.Cl. The number of carbonyl (C=O) groups is 1. The molecule has 0 radical (unpaired) electrons. The molecule has 0 bridgehead atoms. The van der Waals surface area contributed by atoms with E-state index in [1.54, 1.807) is 11.8 Å². The molecular weight excluding hydrogens is 315 g/mol. The summed E-state index contributed by atoms with van der Waals surface area (Å²) >= 11 is 7.74. The minimum absolute atomic E-state index is 0. The fourth-order valence-electron chi connectivity index (χ4n) is 2.36. The summed E-state index contributed by atoms with van der Waals surface area (Å²) in [5.41, 5.74) is 0.777. The number of piperidine rings is 1. The van der Waals surface area contributed by atoms with Gasteiger partial charge in [0.1, 0.15) is 0 Å². The van der Waals surface area contributed by atoms with E-state index in [1.807, 2.05) is 24.5 Å². The summed E-state index contributed by atoms with van der Waals surface area (Å²) in [6, 6.07) is 6.07. The van der Waals surface area contributed by atoms with Crippen molar-refractivity contribution in [1.82, 2.24) is 5.32 Å². The van der Waals surface area contributed by atoms with Crippen molar-refractivity contribution in [3.05, 3.63) is 23.2 Å². The van der Waals surface area contributed by atoms with E-state index in [-0.39, 0.29) is 24.2 Å². The van der Waals surface area contributed by atoms with Crippen LogP contribution in [0.15, 0.2) is 23.1 Å². The Bertz CT molecular complexity index is 470. The van der Waals surface area contributed by atoms with Crippen LogP contribution in [0.25, 0.3) is 0 Å². The Labute approximate surface area is 135 Å². The van der Waals surface area contributed by atoms with Crippen LogP contribution < -0.4 is 10.6 Å². The molecule has 0 saturated carbocycles. The smallest absolute Gasteiger partial charge is 0.227 e. The summed E-state index contributed by atoms with van der Waals surface area (Å²) in [4.78, 5) is 13.2. The highest BCUT2D eigenvalue weighted by Crippen LogP contribution is 2.28. The van der Waals surface area contributed by atoms with Crippen molar-refractivity contribution >= 4 is 47.4 Å². The molecule has 0 aliphatic carbocycles. The number of hydrogen-bond donors (Lipinski definition) is 2. The maximum atomic E-state index is 12.2. The molecule has 3 nitrogen and oxygen atoms in total. The summed E-state index contributed by atoms with van der Waals surface area (Å²) in [5, 5.41) is 7.00. The van der Waals surface area contributed by atoms with Crippen molar-refractivity contribution in [2.45, 2.75) is 30.7 Å². The Morgan fingerprint density at radius 2 is 2.25 bits per heavy atom. The molecule has 112 valence electrons. The van der Waals surface area contributed by atoms with Gasteiger partial charge in [0.05, 0.1) is 5.02 Å². The van der Waals surface area contributed by atoms with Crippen LogP contribution in [-0.4, -0.2) is 24.7 Å². The molecule has 1 fully saturated rings. The highest BCUT2D eigenvalue weighted by molar-refractivity contribution is 7.98. The Morgan fingerprint density at radius 1 is 1.50 bits per heavy atom. The number of benzene rings is 1. The van der Waals surface area contributed by atoms with Gasteiger partial charge >= 0.3 is 0 Å². The Morgan fingerprint density at radius 3 is 2.85 bits per heavy atom. The number of nitrogens with one attached hydrogen (secondary N) is 2. The number of thioether (sulfide) groups is 1. The van der Waals surface area contributed by atoms with Crippen molar-refractivity contribution in [3.8, 4) is 0 Å².